The second-order valence-electron chi connectivity index (χ2n) is 5.06. The van der Waals surface area contributed by atoms with E-state index in [2.05, 4.69) is 5.32 Å². The third-order valence-corrected chi connectivity index (χ3v) is 3.74. The van der Waals surface area contributed by atoms with Gasteiger partial charge in [-0.2, -0.15) is 0 Å². The van der Waals surface area contributed by atoms with Gasteiger partial charge in [-0.05, 0) is 23.8 Å². The van der Waals surface area contributed by atoms with Crippen LogP contribution in [0.5, 0.6) is 0 Å². The normalized spacial score (nSPS) is 20.5. The minimum Gasteiger partial charge on any atom is -0.335 e. The smallest absolute Gasteiger partial charge is 0.252 e. The fourth-order valence-corrected chi connectivity index (χ4v) is 2.61. The summed E-state index contributed by atoms with van der Waals surface area (Å²) in [5.41, 5.74) is 0.380. The molecule has 0 aromatic heterocycles. The molecule has 0 fully saturated rings. The van der Waals surface area contributed by atoms with Crippen molar-refractivity contribution in [1.29, 1.82) is 0 Å². The summed E-state index contributed by atoms with van der Waals surface area (Å²) in [6.45, 7) is 0. The highest BCUT2D eigenvalue weighted by atomic mass is 16.2. The van der Waals surface area contributed by atoms with E-state index in [0.717, 1.165) is 5.56 Å². The van der Waals surface area contributed by atoms with Gasteiger partial charge in [0.15, 0.2) is 5.78 Å². The molecule has 21 heavy (non-hydrogen) atoms. The first-order valence-corrected chi connectivity index (χ1v) is 6.86. The summed E-state index contributed by atoms with van der Waals surface area (Å²) in [5.74, 6) is -0.325. The quantitative estimate of drug-likeness (QED) is 0.937. The molecular weight excluding hydrogens is 262 g/mol. The Morgan fingerprint density at radius 3 is 2.14 bits per heavy atom. The lowest BCUT2D eigenvalue weighted by molar-refractivity contribution is -0.119. The van der Waals surface area contributed by atoms with Crippen LogP contribution in [0.4, 0.5) is 0 Å². The van der Waals surface area contributed by atoms with Gasteiger partial charge >= 0.3 is 0 Å². The third-order valence-electron chi connectivity index (χ3n) is 3.74. The zero-order chi connectivity index (χ0) is 14.7. The molecule has 1 unspecified atom stereocenters. The molecule has 2 aromatic carbocycles. The van der Waals surface area contributed by atoms with E-state index < -0.39 is 5.54 Å². The van der Waals surface area contributed by atoms with E-state index in [-0.39, 0.29) is 11.7 Å². The minimum atomic E-state index is -0.978. The van der Waals surface area contributed by atoms with E-state index in [0.29, 0.717) is 12.0 Å². The molecule has 104 valence electrons. The highest BCUT2D eigenvalue weighted by Crippen LogP contribution is 2.32. The Bertz CT molecular complexity index is 692. The molecule has 0 saturated carbocycles. The number of rotatable bonds is 3. The van der Waals surface area contributed by atoms with Gasteiger partial charge in [0.05, 0.1) is 0 Å². The van der Waals surface area contributed by atoms with Gasteiger partial charge in [-0.1, -0.05) is 54.6 Å². The molecule has 3 heteroatoms. The molecule has 0 radical (unpaired) electrons. The number of carbonyl (C=O) groups is 2. The molecule has 1 N–H and O–H groups in total. The molecule has 0 bridgehead atoms. The molecule has 2 aromatic rings. The molecule has 0 heterocycles. The van der Waals surface area contributed by atoms with Crippen molar-refractivity contribution < 1.29 is 9.59 Å². The van der Waals surface area contributed by atoms with E-state index >= 15 is 0 Å². The third kappa shape index (κ3) is 2.38. The van der Waals surface area contributed by atoms with Crippen molar-refractivity contribution in [2.75, 3.05) is 0 Å². The molecule has 1 amide bonds. The first kappa shape index (κ1) is 13.3. The average molecular weight is 277 g/mol. The van der Waals surface area contributed by atoms with Crippen molar-refractivity contribution in [3.05, 3.63) is 83.9 Å². The van der Waals surface area contributed by atoms with Gasteiger partial charge < -0.3 is 5.32 Å². The Morgan fingerprint density at radius 1 is 0.952 bits per heavy atom. The average Bonchev–Trinajstić information content (AvgIpc) is 2.91. The van der Waals surface area contributed by atoms with Gasteiger partial charge in [-0.3, -0.25) is 9.59 Å². The van der Waals surface area contributed by atoms with E-state index in [9.17, 15) is 9.59 Å². The highest BCUT2D eigenvalue weighted by Gasteiger charge is 2.42. The van der Waals surface area contributed by atoms with Gasteiger partial charge in [0.1, 0.15) is 5.54 Å². The minimum absolute atomic E-state index is 0.0852. The van der Waals surface area contributed by atoms with E-state index in [1.807, 2.05) is 36.4 Å². The monoisotopic (exact) mass is 277 g/mol. The van der Waals surface area contributed by atoms with Crippen molar-refractivity contribution in [1.82, 2.24) is 5.32 Å². The Morgan fingerprint density at radius 2 is 1.57 bits per heavy atom. The van der Waals surface area contributed by atoms with Crippen molar-refractivity contribution in [3.63, 3.8) is 0 Å². The summed E-state index contributed by atoms with van der Waals surface area (Å²) >= 11 is 0. The molecule has 0 aliphatic heterocycles. The summed E-state index contributed by atoms with van der Waals surface area (Å²) < 4.78 is 0. The van der Waals surface area contributed by atoms with Crippen molar-refractivity contribution in [2.45, 2.75) is 12.0 Å². The molecule has 0 spiro atoms. The topological polar surface area (TPSA) is 46.2 Å². The zero-order valence-corrected chi connectivity index (χ0v) is 11.5. The Hall–Kier alpha value is -2.68. The number of carbonyl (C=O) groups excluding carboxylic acids is 2. The first-order valence-electron chi connectivity index (χ1n) is 6.86. The van der Waals surface area contributed by atoms with Crippen LogP contribution in [-0.4, -0.2) is 11.7 Å². The van der Waals surface area contributed by atoms with E-state index in [1.54, 1.807) is 30.3 Å². The van der Waals surface area contributed by atoms with Gasteiger partial charge in [0.25, 0.3) is 5.91 Å². The Labute approximate surface area is 123 Å². The van der Waals surface area contributed by atoms with Crippen LogP contribution in [0.15, 0.2) is 72.8 Å². The van der Waals surface area contributed by atoms with Crippen LogP contribution < -0.4 is 5.32 Å². The van der Waals surface area contributed by atoms with Crippen LogP contribution in [0, 0.1) is 0 Å². The summed E-state index contributed by atoms with van der Waals surface area (Å²) in [7, 11) is 0. The van der Waals surface area contributed by atoms with E-state index in [4.69, 9.17) is 0 Å². The van der Waals surface area contributed by atoms with Gasteiger partial charge in [0.2, 0.25) is 0 Å². The Balaban J connectivity index is 1.95. The number of hydrogen-bond donors (Lipinski definition) is 1. The molecule has 1 aliphatic carbocycles. The van der Waals surface area contributed by atoms with Crippen LogP contribution in [0.1, 0.15) is 22.3 Å². The standard InChI is InChI=1S/C18H15NO2/c20-16-12-7-13-18(16,15-10-5-2-6-11-15)19-17(21)14-8-3-1-4-9-14/h1-12H,13H2,(H,19,21). The number of benzene rings is 2. The first-order chi connectivity index (χ1) is 10.2. The summed E-state index contributed by atoms with van der Waals surface area (Å²) in [6.07, 6.45) is 3.83. The highest BCUT2D eigenvalue weighted by molar-refractivity contribution is 6.06. The predicted octanol–water partition coefficient (Wildman–Crippen LogP) is 2.84. The van der Waals surface area contributed by atoms with Gasteiger partial charge in [0, 0.05) is 12.0 Å². The van der Waals surface area contributed by atoms with Gasteiger partial charge in [-0.25, -0.2) is 0 Å². The van der Waals surface area contributed by atoms with Crippen molar-refractivity contribution in [3.8, 4) is 0 Å². The van der Waals surface area contributed by atoms with Crippen LogP contribution in [-0.2, 0) is 10.3 Å². The largest absolute Gasteiger partial charge is 0.335 e. The van der Waals surface area contributed by atoms with E-state index in [1.165, 1.54) is 6.08 Å². The number of ketones is 1. The van der Waals surface area contributed by atoms with Gasteiger partial charge in [-0.15, -0.1) is 0 Å². The Kier molecular flexibility index (Phi) is 3.40. The summed E-state index contributed by atoms with van der Waals surface area (Å²) in [5, 5.41) is 2.92. The maximum atomic E-state index is 12.4. The number of amides is 1. The van der Waals surface area contributed by atoms with Crippen molar-refractivity contribution in [2.24, 2.45) is 0 Å². The van der Waals surface area contributed by atoms with Crippen LogP contribution in [0.3, 0.4) is 0 Å². The second kappa shape index (κ2) is 5.37. The molecule has 3 rings (SSSR count). The van der Waals surface area contributed by atoms with Crippen LogP contribution >= 0.6 is 0 Å². The number of nitrogens with one attached hydrogen (secondary N) is 1. The van der Waals surface area contributed by atoms with Crippen LogP contribution in [0.2, 0.25) is 0 Å². The number of hydrogen-bond acceptors (Lipinski definition) is 2. The summed E-state index contributed by atoms with van der Waals surface area (Å²) in [4.78, 5) is 24.8. The molecule has 1 aliphatic rings. The maximum absolute atomic E-state index is 12.4. The fraction of sp³-hybridized carbons (Fsp3) is 0.111. The molecular formula is C18H15NO2. The summed E-state index contributed by atoms with van der Waals surface area (Å²) in [6, 6.07) is 18.3. The lowest BCUT2D eigenvalue weighted by Gasteiger charge is -2.29. The van der Waals surface area contributed by atoms with Crippen molar-refractivity contribution >= 4 is 11.7 Å². The maximum Gasteiger partial charge on any atom is 0.252 e. The van der Waals surface area contributed by atoms with Crippen LogP contribution in [0.25, 0.3) is 0 Å². The molecule has 0 saturated heterocycles. The lowest BCUT2D eigenvalue weighted by atomic mass is 9.86. The lowest BCUT2D eigenvalue weighted by Crippen LogP contribution is -2.49. The molecule has 1 atom stereocenters. The predicted molar refractivity (Wildman–Crippen MR) is 80.8 cm³/mol. The second-order valence-corrected chi connectivity index (χ2v) is 5.06. The fourth-order valence-electron chi connectivity index (χ4n) is 2.61. The zero-order valence-electron chi connectivity index (χ0n) is 11.5. The molecule has 3 nitrogen and oxygen atoms in total. The SMILES string of the molecule is O=C(NC1(c2ccccc2)CC=CC1=O)c1ccccc1.